The highest BCUT2D eigenvalue weighted by molar-refractivity contribution is 7.48. The molecule has 149 heavy (non-hydrogen) atoms. The number of carbonyl (C=O) groups is 2. The fourth-order valence-corrected chi connectivity index (χ4v) is 18.9. The number of primary amides is 2. The Morgan fingerprint density at radius 1 is 0.490 bits per heavy atom. The summed E-state index contributed by atoms with van der Waals surface area (Å²) in [6.07, 6.45) is -20.7. The van der Waals surface area contributed by atoms with Gasteiger partial charge in [0, 0.05) is 49.2 Å². The maximum absolute atomic E-state index is 15.3. The summed E-state index contributed by atoms with van der Waals surface area (Å²) < 4.78 is 155. The maximum Gasteiger partial charge on any atom is 0.475 e. The lowest BCUT2D eigenvalue weighted by Crippen LogP contribution is -2.49. The summed E-state index contributed by atoms with van der Waals surface area (Å²) in [6, 6.07) is 5.94. The molecule has 0 spiro atoms. The zero-order chi connectivity index (χ0) is 110. The van der Waals surface area contributed by atoms with E-state index in [0.717, 1.165) is 70.6 Å². The molecule has 71 heteroatoms. The molecule has 0 aliphatic carbocycles. The molecule has 822 valence electrons. The fraction of sp³-hybridized carbons (Fsp3) is 0.577. The van der Waals surface area contributed by atoms with Gasteiger partial charge in [-0.25, -0.2) is 65.9 Å². The predicted octanol–water partition coefficient (Wildman–Crippen LogP) is -10.7. The third-order valence-electron chi connectivity index (χ3n) is 22.9. The number of nitrogens with two attached hydrogens (primary N) is 5. The van der Waals surface area contributed by atoms with Crippen LogP contribution in [0.15, 0.2) is 128 Å². The van der Waals surface area contributed by atoms with Crippen molar-refractivity contribution in [1.29, 1.82) is 0 Å². The molecule has 65 nitrogen and oxygen atoms in total. The molecule has 0 saturated carbocycles. The largest absolute Gasteiger partial charge is 0.475 e. The van der Waals surface area contributed by atoms with Crippen LogP contribution >= 0.6 is 15.6 Å². The number of H-pyrrole nitrogens is 5. The number of nitrogen functional groups attached to an aromatic ring is 3. The van der Waals surface area contributed by atoms with E-state index >= 15 is 4.39 Å². The van der Waals surface area contributed by atoms with Crippen LogP contribution in [0, 0.1) is 5.95 Å². The van der Waals surface area contributed by atoms with E-state index in [4.69, 9.17) is 109 Å². The number of ether oxygens (including phenoxy) is 7. The van der Waals surface area contributed by atoms with E-state index in [1.807, 2.05) is 15.0 Å². The van der Waals surface area contributed by atoms with Crippen LogP contribution in [0.1, 0.15) is 120 Å². The Morgan fingerprint density at radius 3 is 1.33 bits per heavy atom. The van der Waals surface area contributed by atoms with E-state index in [1.54, 1.807) is 27.7 Å². The number of carbonyl (C=O) groups excluding carboxylic acids is 2. The third-order valence-corrected chi connectivity index (χ3v) is 26.2. The number of hydrogen-bond acceptors (Lipinski definition) is 51. The topological polar surface area (TPSA) is 976 Å². The molecular formula is C78H106F4N24O41P2. The number of fused-ring (bicyclic) bond motifs is 3. The molecule has 9 aliphatic heterocycles. The number of anilines is 3. The van der Waals surface area contributed by atoms with Gasteiger partial charge in [-0.05, 0) is 67.5 Å². The van der Waals surface area contributed by atoms with Crippen molar-refractivity contribution in [3.63, 3.8) is 0 Å². The first-order valence-electron chi connectivity index (χ1n) is 43.9. The molecule has 9 aromatic heterocycles. The summed E-state index contributed by atoms with van der Waals surface area (Å²) >= 11 is 0. The second-order valence-electron chi connectivity index (χ2n) is 34.7. The van der Waals surface area contributed by atoms with Crippen molar-refractivity contribution in [3.05, 3.63) is 202 Å². The summed E-state index contributed by atoms with van der Waals surface area (Å²) in [4.78, 5) is 167. The molecule has 30 atom stereocenters. The highest BCUT2D eigenvalue weighted by Gasteiger charge is 2.64. The van der Waals surface area contributed by atoms with E-state index in [1.165, 1.54) is 69.3 Å². The van der Waals surface area contributed by atoms with Gasteiger partial charge in [-0.3, -0.25) is 108 Å². The second-order valence-corrected chi connectivity index (χ2v) is 37.9. The Kier molecular flexibility index (Phi) is 37.2. The number of alkyl halides is 3. The van der Waals surface area contributed by atoms with Gasteiger partial charge in [0.25, 0.3) is 39.6 Å². The van der Waals surface area contributed by atoms with E-state index in [2.05, 4.69) is 45.0 Å². The minimum atomic E-state index is -3.92. The number of amides is 2. The normalized spacial score (nSPS) is 33.5. The smallest absolute Gasteiger partial charge is 0.394 e. The highest BCUT2D eigenvalue weighted by Crippen LogP contribution is 2.61. The van der Waals surface area contributed by atoms with Crippen LogP contribution in [0.5, 0.6) is 0 Å². The van der Waals surface area contributed by atoms with Gasteiger partial charge in [-0.2, -0.15) is 19.3 Å². The quantitative estimate of drug-likeness (QED) is 0.0280. The minimum absolute atomic E-state index is 0.0129. The first-order valence-corrected chi connectivity index (χ1v) is 46.8. The molecule has 2 amide bonds. The lowest BCUT2D eigenvalue weighted by Gasteiger charge is -2.35. The first kappa shape index (κ1) is 117. The average Bonchev–Trinajstić information content (AvgIpc) is 1.59. The molecule has 9 unspecified atom stereocenters. The third kappa shape index (κ3) is 25.9. The second kappa shape index (κ2) is 47.4. The van der Waals surface area contributed by atoms with Crippen LogP contribution in [0.3, 0.4) is 0 Å². The van der Waals surface area contributed by atoms with E-state index in [0.29, 0.717) is 0 Å². The Morgan fingerprint density at radius 2 is 0.906 bits per heavy atom. The summed E-state index contributed by atoms with van der Waals surface area (Å²) in [5, 5.41) is 138. The Labute approximate surface area is 827 Å². The van der Waals surface area contributed by atoms with Crippen molar-refractivity contribution in [2.45, 2.75) is 238 Å². The molecule has 9 aliphatic rings. The van der Waals surface area contributed by atoms with Gasteiger partial charge in [0.15, 0.2) is 78.5 Å². The minimum Gasteiger partial charge on any atom is -0.394 e. The van der Waals surface area contributed by atoms with Crippen molar-refractivity contribution in [2.75, 3.05) is 63.4 Å². The molecule has 9 aromatic rings. The van der Waals surface area contributed by atoms with Crippen molar-refractivity contribution in [2.24, 2.45) is 11.5 Å². The van der Waals surface area contributed by atoms with Crippen molar-refractivity contribution >= 4 is 56.2 Å². The van der Waals surface area contributed by atoms with Crippen LogP contribution < -0.4 is 84.9 Å². The van der Waals surface area contributed by atoms with Gasteiger partial charge in [-0.15, -0.1) is 5.10 Å². The highest BCUT2D eigenvalue weighted by atomic mass is 31.2. The standard InChI is InChI=1S/C13H18FN2O7P.C13H19N2O8P.C11H15N5O5.C10H15N3O5.C9H12FN3O4.C9H11FN2O5.C8H12N4O5.C5H4FN3O2/c1-7(2)22-24(19)20-6-8-10(23-24)13(3,14)11(21-8)16-5-4-9(17)15-12(16)18;1-7(2)22-24(19)20-6-8-10(23-24)13(3,18)11(21-8)15-5-4-9(16)14-12(15)17;1-11(20)6(18)4(2-17)21-9(11)16-3-13-5-7(16)14-10(12)15-8(5)19;1-10(17)7(15)5(4-14)18-8(10)13-3-2-6(11)12-9(13)16;10-6-7(15)4(3-14)17-8(6)13-2-1-5(11)12-9(13)16;10-6-7(15)4(3-13)17-8(6)12-2-1-5(14)11-9(12)16;9-6(16)7-10-2-12(11-7)8-5(15)4(14)3(1-13)17-8;6-2-1-8-5(11)3(9-2)4(7)10/h4-5,7-8,10-11H,6H2,1-3H3,(H,15,17,18);4-5,7-8,10-11,18H,6H2,1-3H3,(H,14,16,17);3-4,6,9,17-18,20H,2H2,1H3,(H3,12,14,15,19);2-3,5,7-8,14-15,17H,4H2,1H3,(H2,11,12,16);1-2,4,6-8,14-15H,3H2,(H2,11,12,16);1-2,4,6-8,13,15H,3H2,(H,11,14,16);2-5,8,13-15H,1H2,(H2,9,16);1H,(H2,7,10)(H,8,11)/t2*8-,10+,11-,13?,24?;4-,6+,9-,11?;5-,7+,8-,10?;2*4-,6?,7+,8-;3-,4+,5?,8-;/m1111111./s1. The van der Waals surface area contributed by atoms with Gasteiger partial charge < -0.3 is 138 Å². The van der Waals surface area contributed by atoms with Crippen LogP contribution in [0.2, 0.25) is 0 Å². The molecule has 18 rings (SSSR count). The maximum atomic E-state index is 15.3. The van der Waals surface area contributed by atoms with Crippen molar-refractivity contribution in [3.8, 4) is 0 Å². The molecule has 29 N–H and O–H groups in total. The number of imidazole rings is 1. The number of aromatic nitrogens is 19. The number of hydrogen-bond donors (Lipinski definition) is 24. The van der Waals surface area contributed by atoms with Crippen LogP contribution in [-0.4, -0.2) is 360 Å². The number of aliphatic hydroxyl groups excluding tert-OH is 11. The van der Waals surface area contributed by atoms with E-state index in [9.17, 15) is 131 Å². The number of halogens is 4. The summed E-state index contributed by atoms with van der Waals surface area (Å²) in [6.45, 7) is 9.08. The molecule has 0 radical (unpaired) electrons. The number of nitrogens with zero attached hydrogens (tertiary/aromatic N) is 14. The molecular weight excluding hydrogens is 2070 g/mol. The number of phosphoric acid groups is 2. The Balaban J connectivity index is 0.000000163. The van der Waals surface area contributed by atoms with Crippen molar-refractivity contribution in [1.82, 2.24) is 92.0 Å². The number of nitrogens with one attached hydrogen (secondary N) is 5. The summed E-state index contributed by atoms with van der Waals surface area (Å²) in [5.41, 5.74) is 11.1. The average molecular weight is 2170 g/mol. The molecule has 9 fully saturated rings. The summed E-state index contributed by atoms with van der Waals surface area (Å²) in [5.74, 6) is -3.07. The van der Waals surface area contributed by atoms with Gasteiger partial charge in [0.1, 0.15) is 126 Å². The van der Waals surface area contributed by atoms with Crippen LogP contribution in [-0.2, 0) is 69.4 Å². The fourth-order valence-electron chi connectivity index (χ4n) is 15.6. The zero-order valence-corrected chi connectivity index (χ0v) is 80.6. The first-order chi connectivity index (χ1) is 69.7. The SMILES string of the molecule is CC(C)OP1(=O)OC[C@H]2O[C@@H](n3ccc(=O)[nH]c3=O)C(C)(F)[C@H]2O1.CC(C)OP1(=O)OC[C@H]2O[C@@H](n3ccc(=O)[nH]c3=O)C(C)(O)[C@H]2O1.CC1(O)[C@@H](O)[C@@H](CO)O[C@H]1n1ccc(N)nc1=O.CC1(O)[C@@H](O)[C@@H](CO)O[C@H]1n1cnc2c(=O)[nH]c(N)nc21.NC(=O)c1nc(F)c[nH]c1=O.NC(=O)c1ncn([C@@H]2O[C@H](CO)[C@H](O)C2O)n1.Nc1ccn([C@@H]2O[C@H](CO)[C@H](O)C2F)c(=O)n1.O=c1ccn([C@@H]2O[C@H](CO)[C@H](O)C2F)c(=O)[nH]1. The lowest BCUT2D eigenvalue weighted by atomic mass is 9.96. The van der Waals surface area contributed by atoms with Gasteiger partial charge in [-0.1, -0.05) is 0 Å². The van der Waals surface area contributed by atoms with Crippen LogP contribution in [0.25, 0.3) is 11.2 Å². The Bertz CT molecular complexity index is 6830. The molecule has 18 heterocycles. The van der Waals surface area contributed by atoms with Crippen LogP contribution in [0.4, 0.5) is 35.1 Å². The number of aliphatic hydroxyl groups is 14. The predicted molar refractivity (Wildman–Crippen MR) is 484 cm³/mol. The van der Waals surface area contributed by atoms with E-state index in [-0.39, 0.29) is 47.8 Å². The van der Waals surface area contributed by atoms with Gasteiger partial charge in [0.2, 0.25) is 17.7 Å². The van der Waals surface area contributed by atoms with E-state index < -0.39 is 311 Å². The lowest BCUT2D eigenvalue weighted by molar-refractivity contribution is -0.0986. The summed E-state index contributed by atoms with van der Waals surface area (Å²) in [7, 11) is -7.76. The zero-order valence-electron chi connectivity index (χ0n) is 78.8. The number of phosphoric ester groups is 2. The van der Waals surface area contributed by atoms with Crippen molar-refractivity contribution < 1.29 is 168 Å². The number of aromatic amines is 5. The molecule has 0 aromatic carbocycles. The van der Waals surface area contributed by atoms with Gasteiger partial charge in [0.05, 0.1) is 71.0 Å². The molecule has 9 saturated heterocycles. The monoisotopic (exact) mass is 2170 g/mol. The number of rotatable bonds is 18. The Hall–Kier alpha value is -12.4. The molecule has 0 bridgehead atoms. The van der Waals surface area contributed by atoms with Gasteiger partial charge >= 0.3 is 44.1 Å².